The van der Waals surface area contributed by atoms with E-state index < -0.39 is 24.0 Å². The Bertz CT molecular complexity index is 503. The van der Waals surface area contributed by atoms with E-state index in [1.165, 1.54) is 26.2 Å². The topological polar surface area (TPSA) is 118 Å². The molecular formula is C11H13N3O5. The van der Waals surface area contributed by atoms with Crippen molar-refractivity contribution in [2.75, 3.05) is 7.05 Å². The number of amides is 3. The van der Waals surface area contributed by atoms with Gasteiger partial charge in [0.2, 0.25) is 0 Å². The maximum absolute atomic E-state index is 11.5. The second-order valence-electron chi connectivity index (χ2n) is 3.54. The van der Waals surface area contributed by atoms with Crippen molar-refractivity contribution in [1.82, 2.24) is 15.6 Å². The second-order valence-corrected chi connectivity index (χ2v) is 3.54. The summed E-state index contributed by atoms with van der Waals surface area (Å²) in [7, 11) is 1.37. The van der Waals surface area contributed by atoms with Gasteiger partial charge in [0, 0.05) is 13.2 Å². The van der Waals surface area contributed by atoms with Gasteiger partial charge in [-0.2, -0.15) is 0 Å². The Labute approximate surface area is 108 Å². The summed E-state index contributed by atoms with van der Waals surface area (Å²) in [5.74, 6) is -1.68. The molecule has 0 aliphatic heterocycles. The lowest BCUT2D eigenvalue weighted by atomic mass is 10.3. The Morgan fingerprint density at radius 1 is 1.37 bits per heavy atom. The van der Waals surface area contributed by atoms with Crippen molar-refractivity contribution >= 4 is 17.9 Å². The highest BCUT2D eigenvalue weighted by molar-refractivity contribution is 5.96. The molecule has 1 aromatic rings. The number of carboxylic acid groups (broad SMARTS) is 1. The van der Waals surface area contributed by atoms with Gasteiger partial charge in [0.25, 0.3) is 5.91 Å². The summed E-state index contributed by atoms with van der Waals surface area (Å²) in [5.41, 5.74) is -0.0589. The number of carboxylic acids is 1. The molecule has 0 aliphatic rings. The second kappa shape index (κ2) is 6.34. The van der Waals surface area contributed by atoms with E-state index in [0.29, 0.717) is 0 Å². The van der Waals surface area contributed by atoms with Crippen molar-refractivity contribution in [3.63, 3.8) is 0 Å². The SMILES string of the molecule is CNC(=O)NC(=O)C(C)Oc1cncc(C(=O)O)c1. The van der Waals surface area contributed by atoms with Gasteiger partial charge in [-0.3, -0.25) is 15.1 Å². The fourth-order valence-corrected chi connectivity index (χ4v) is 1.13. The third-order valence-corrected chi connectivity index (χ3v) is 2.11. The summed E-state index contributed by atoms with van der Waals surface area (Å²) in [5, 5.41) is 13.0. The van der Waals surface area contributed by atoms with E-state index in [4.69, 9.17) is 9.84 Å². The smallest absolute Gasteiger partial charge is 0.337 e. The van der Waals surface area contributed by atoms with E-state index in [0.717, 1.165) is 6.20 Å². The van der Waals surface area contributed by atoms with Gasteiger partial charge in [-0.25, -0.2) is 9.59 Å². The molecule has 8 nitrogen and oxygen atoms in total. The van der Waals surface area contributed by atoms with Crippen LogP contribution in [0, 0.1) is 0 Å². The van der Waals surface area contributed by atoms with E-state index in [-0.39, 0.29) is 11.3 Å². The summed E-state index contributed by atoms with van der Waals surface area (Å²) in [4.78, 5) is 36.8. The van der Waals surface area contributed by atoms with E-state index >= 15 is 0 Å². The zero-order valence-corrected chi connectivity index (χ0v) is 10.3. The summed E-state index contributed by atoms with van der Waals surface area (Å²) in [6.07, 6.45) is 1.46. The lowest BCUT2D eigenvalue weighted by Crippen LogP contribution is -2.43. The Kier molecular flexibility index (Phi) is 4.81. The first-order chi connectivity index (χ1) is 8.93. The number of nitrogens with one attached hydrogen (secondary N) is 2. The number of carbonyl (C=O) groups excluding carboxylic acids is 2. The van der Waals surface area contributed by atoms with Crippen LogP contribution >= 0.6 is 0 Å². The Morgan fingerprint density at radius 3 is 2.63 bits per heavy atom. The zero-order chi connectivity index (χ0) is 14.4. The minimum Gasteiger partial charge on any atom is -0.479 e. The van der Waals surface area contributed by atoms with Gasteiger partial charge in [-0.05, 0) is 13.0 Å². The van der Waals surface area contributed by atoms with Crippen LogP contribution in [0.15, 0.2) is 18.5 Å². The van der Waals surface area contributed by atoms with E-state index in [9.17, 15) is 14.4 Å². The summed E-state index contributed by atoms with van der Waals surface area (Å²) < 4.78 is 5.19. The predicted octanol–water partition coefficient (Wildman–Crippen LogP) is 0.00270. The molecule has 0 spiro atoms. The molecule has 3 N–H and O–H groups in total. The molecule has 1 atom stereocenters. The third-order valence-electron chi connectivity index (χ3n) is 2.11. The zero-order valence-electron chi connectivity index (χ0n) is 10.3. The number of urea groups is 1. The lowest BCUT2D eigenvalue weighted by molar-refractivity contribution is -0.126. The highest BCUT2D eigenvalue weighted by atomic mass is 16.5. The van der Waals surface area contributed by atoms with Crippen molar-refractivity contribution in [2.45, 2.75) is 13.0 Å². The minimum absolute atomic E-state index is 0.0589. The average molecular weight is 267 g/mol. The maximum atomic E-state index is 11.5. The molecule has 19 heavy (non-hydrogen) atoms. The number of pyridine rings is 1. The van der Waals surface area contributed by atoms with Gasteiger partial charge < -0.3 is 15.2 Å². The molecule has 0 saturated heterocycles. The first-order valence-electron chi connectivity index (χ1n) is 5.31. The van der Waals surface area contributed by atoms with Crippen LogP contribution in [0.2, 0.25) is 0 Å². The third kappa shape index (κ3) is 4.26. The van der Waals surface area contributed by atoms with Crippen LogP contribution in [0.25, 0.3) is 0 Å². The summed E-state index contributed by atoms with van der Waals surface area (Å²) >= 11 is 0. The highest BCUT2D eigenvalue weighted by Crippen LogP contribution is 2.13. The number of rotatable bonds is 4. The Balaban J connectivity index is 2.68. The van der Waals surface area contributed by atoms with Crippen LogP contribution < -0.4 is 15.4 Å². The number of aromatic carboxylic acids is 1. The van der Waals surface area contributed by atoms with Gasteiger partial charge in [0.1, 0.15) is 5.75 Å². The molecule has 0 aliphatic carbocycles. The molecule has 0 saturated carbocycles. The minimum atomic E-state index is -1.15. The number of ether oxygens (including phenoxy) is 1. The molecule has 3 amide bonds. The highest BCUT2D eigenvalue weighted by Gasteiger charge is 2.17. The molecule has 0 bridgehead atoms. The number of hydrogen-bond donors (Lipinski definition) is 3. The van der Waals surface area contributed by atoms with Gasteiger partial charge in [-0.15, -0.1) is 0 Å². The molecule has 1 unspecified atom stereocenters. The Morgan fingerprint density at radius 2 is 2.05 bits per heavy atom. The van der Waals surface area contributed by atoms with Gasteiger partial charge in [0.15, 0.2) is 6.10 Å². The largest absolute Gasteiger partial charge is 0.479 e. The van der Waals surface area contributed by atoms with Crippen LogP contribution in [0.5, 0.6) is 5.75 Å². The summed E-state index contributed by atoms with van der Waals surface area (Å²) in [6, 6.07) is 0.580. The maximum Gasteiger partial charge on any atom is 0.337 e. The van der Waals surface area contributed by atoms with Crippen LogP contribution in [0.4, 0.5) is 4.79 Å². The van der Waals surface area contributed by atoms with Crippen molar-refractivity contribution in [2.24, 2.45) is 0 Å². The van der Waals surface area contributed by atoms with Crippen molar-refractivity contribution in [3.05, 3.63) is 24.0 Å². The van der Waals surface area contributed by atoms with E-state index in [2.05, 4.69) is 10.3 Å². The predicted molar refractivity (Wildman–Crippen MR) is 63.9 cm³/mol. The molecule has 102 valence electrons. The molecule has 0 radical (unpaired) electrons. The van der Waals surface area contributed by atoms with Crippen molar-refractivity contribution in [3.8, 4) is 5.75 Å². The van der Waals surface area contributed by atoms with E-state index in [1.54, 1.807) is 0 Å². The quantitative estimate of drug-likeness (QED) is 0.707. The first-order valence-corrected chi connectivity index (χ1v) is 5.31. The van der Waals surface area contributed by atoms with Gasteiger partial charge in [-0.1, -0.05) is 0 Å². The fourth-order valence-electron chi connectivity index (χ4n) is 1.13. The van der Waals surface area contributed by atoms with Crippen LogP contribution in [-0.4, -0.2) is 41.1 Å². The monoisotopic (exact) mass is 267 g/mol. The lowest BCUT2D eigenvalue weighted by Gasteiger charge is -2.13. The van der Waals surface area contributed by atoms with Gasteiger partial charge in [0.05, 0.1) is 11.8 Å². The van der Waals surface area contributed by atoms with Crippen LogP contribution in [0.3, 0.4) is 0 Å². The number of imide groups is 1. The summed E-state index contributed by atoms with van der Waals surface area (Å²) in [6.45, 7) is 1.42. The van der Waals surface area contributed by atoms with Crippen molar-refractivity contribution in [1.29, 1.82) is 0 Å². The normalized spacial score (nSPS) is 11.3. The molecule has 0 fully saturated rings. The number of aromatic nitrogens is 1. The standard InChI is InChI=1S/C11H13N3O5/c1-6(9(15)14-11(18)12-2)19-8-3-7(10(16)17)4-13-5-8/h3-6H,1-2H3,(H,16,17)(H2,12,14,15,18). The molecule has 1 rings (SSSR count). The molecule has 8 heteroatoms. The van der Waals surface area contributed by atoms with Crippen LogP contribution in [-0.2, 0) is 4.79 Å². The molecule has 1 aromatic heterocycles. The fraction of sp³-hybridized carbons (Fsp3) is 0.273. The number of nitrogens with zero attached hydrogens (tertiary/aromatic N) is 1. The molecular weight excluding hydrogens is 254 g/mol. The number of carbonyl (C=O) groups is 3. The van der Waals surface area contributed by atoms with E-state index in [1.807, 2.05) is 5.32 Å². The number of hydrogen-bond acceptors (Lipinski definition) is 5. The average Bonchev–Trinajstić information content (AvgIpc) is 2.38. The van der Waals surface area contributed by atoms with Crippen molar-refractivity contribution < 1.29 is 24.2 Å². The van der Waals surface area contributed by atoms with Crippen LogP contribution in [0.1, 0.15) is 17.3 Å². The van der Waals surface area contributed by atoms with Gasteiger partial charge >= 0.3 is 12.0 Å². The Hall–Kier alpha value is -2.64. The molecule has 1 heterocycles. The molecule has 0 aromatic carbocycles. The first kappa shape index (κ1) is 14.4.